The molecule has 36 heavy (non-hydrogen) atoms. The summed E-state index contributed by atoms with van der Waals surface area (Å²) in [7, 11) is 0. The summed E-state index contributed by atoms with van der Waals surface area (Å²) in [4.78, 5) is 19.7. The van der Waals surface area contributed by atoms with E-state index in [4.69, 9.17) is 25.6 Å². The molecule has 1 saturated heterocycles. The van der Waals surface area contributed by atoms with Gasteiger partial charge in [0.25, 0.3) is 0 Å². The number of nitrogens with zero attached hydrogens (tertiary/aromatic N) is 3. The number of carbonyl (C=O) groups is 1. The smallest absolute Gasteiger partial charge is 0.241 e. The standard InChI is InChI=1S/C27H33ClN4O4/c1-4-34-23-11-8-21(16-24(23)35-5-2)18(3)29-27(33)20-12-14-32(15-13-20)17-25-30-26(31-36-25)19-6-9-22(28)10-7-19/h6-11,16,18,20H,4-5,12-15,17H2,1-3H3,(H,29,33). The van der Waals surface area contributed by atoms with E-state index < -0.39 is 0 Å². The lowest BCUT2D eigenvalue weighted by molar-refractivity contribution is -0.127. The number of piperidine rings is 1. The molecule has 9 heteroatoms. The topological polar surface area (TPSA) is 89.7 Å². The van der Waals surface area contributed by atoms with Gasteiger partial charge in [0, 0.05) is 16.5 Å². The van der Waals surface area contributed by atoms with E-state index in [1.54, 1.807) is 12.1 Å². The number of ether oxygens (including phenoxy) is 2. The van der Waals surface area contributed by atoms with Gasteiger partial charge in [-0.15, -0.1) is 0 Å². The third-order valence-electron chi connectivity index (χ3n) is 6.31. The van der Waals surface area contributed by atoms with Crippen molar-refractivity contribution in [3.05, 3.63) is 58.9 Å². The minimum Gasteiger partial charge on any atom is -0.490 e. The number of carbonyl (C=O) groups excluding carboxylic acids is 1. The molecule has 2 aromatic carbocycles. The first-order chi connectivity index (χ1) is 17.5. The average Bonchev–Trinajstić information content (AvgIpc) is 3.34. The highest BCUT2D eigenvalue weighted by Crippen LogP contribution is 2.31. The van der Waals surface area contributed by atoms with Gasteiger partial charge in [0.05, 0.1) is 25.8 Å². The fourth-order valence-electron chi connectivity index (χ4n) is 4.33. The third-order valence-corrected chi connectivity index (χ3v) is 6.57. The van der Waals surface area contributed by atoms with Gasteiger partial charge in [0.1, 0.15) is 0 Å². The molecule has 0 spiro atoms. The molecule has 192 valence electrons. The van der Waals surface area contributed by atoms with Crippen LogP contribution in [0.4, 0.5) is 0 Å². The van der Waals surface area contributed by atoms with Gasteiger partial charge in [-0.25, -0.2) is 0 Å². The van der Waals surface area contributed by atoms with E-state index in [9.17, 15) is 4.79 Å². The van der Waals surface area contributed by atoms with Crippen molar-refractivity contribution in [2.75, 3.05) is 26.3 Å². The molecule has 0 radical (unpaired) electrons. The van der Waals surface area contributed by atoms with Gasteiger partial charge in [-0.3, -0.25) is 9.69 Å². The van der Waals surface area contributed by atoms with E-state index in [0.717, 1.165) is 42.8 Å². The highest BCUT2D eigenvalue weighted by Gasteiger charge is 2.27. The lowest BCUT2D eigenvalue weighted by Crippen LogP contribution is -2.40. The Morgan fingerprint density at radius 2 is 1.81 bits per heavy atom. The number of halogens is 1. The maximum atomic E-state index is 13.0. The molecule has 2 heterocycles. The van der Waals surface area contributed by atoms with E-state index in [2.05, 4.69) is 20.4 Å². The quantitative estimate of drug-likeness (QED) is 0.395. The number of aromatic nitrogens is 2. The van der Waals surface area contributed by atoms with Gasteiger partial charge in [-0.2, -0.15) is 4.98 Å². The van der Waals surface area contributed by atoms with Crippen molar-refractivity contribution in [2.45, 2.75) is 46.2 Å². The normalized spacial score (nSPS) is 15.4. The molecular weight excluding hydrogens is 480 g/mol. The predicted octanol–water partition coefficient (Wildman–Crippen LogP) is 5.28. The largest absolute Gasteiger partial charge is 0.490 e. The van der Waals surface area contributed by atoms with E-state index in [0.29, 0.717) is 42.2 Å². The molecule has 1 amide bonds. The number of hydrogen-bond acceptors (Lipinski definition) is 7. The van der Waals surface area contributed by atoms with Gasteiger partial charge >= 0.3 is 0 Å². The molecule has 1 fully saturated rings. The highest BCUT2D eigenvalue weighted by atomic mass is 35.5. The summed E-state index contributed by atoms with van der Waals surface area (Å²) in [5.74, 6) is 2.59. The maximum absolute atomic E-state index is 13.0. The van der Waals surface area contributed by atoms with Crippen LogP contribution in [-0.2, 0) is 11.3 Å². The first-order valence-electron chi connectivity index (χ1n) is 12.5. The van der Waals surface area contributed by atoms with Crippen molar-refractivity contribution in [2.24, 2.45) is 5.92 Å². The zero-order valence-corrected chi connectivity index (χ0v) is 21.8. The van der Waals surface area contributed by atoms with Crippen molar-refractivity contribution in [3.8, 4) is 22.9 Å². The monoisotopic (exact) mass is 512 g/mol. The van der Waals surface area contributed by atoms with Gasteiger partial charge in [-0.05, 0) is 88.7 Å². The fraction of sp³-hybridized carbons (Fsp3) is 0.444. The zero-order chi connectivity index (χ0) is 25.5. The van der Waals surface area contributed by atoms with Crippen LogP contribution in [0, 0.1) is 5.92 Å². The van der Waals surface area contributed by atoms with Crippen LogP contribution >= 0.6 is 11.6 Å². The summed E-state index contributed by atoms with van der Waals surface area (Å²) in [5.41, 5.74) is 1.85. The summed E-state index contributed by atoms with van der Waals surface area (Å²) in [6.07, 6.45) is 1.56. The van der Waals surface area contributed by atoms with Crippen LogP contribution in [0.5, 0.6) is 11.5 Å². The summed E-state index contributed by atoms with van der Waals surface area (Å²) < 4.78 is 16.8. The molecule has 0 saturated carbocycles. The van der Waals surface area contributed by atoms with Gasteiger partial charge in [-0.1, -0.05) is 22.8 Å². The molecule has 1 aromatic heterocycles. The Balaban J connectivity index is 1.27. The SMILES string of the molecule is CCOc1ccc(C(C)NC(=O)C2CCN(Cc3nc(-c4ccc(Cl)cc4)no3)CC2)cc1OCC. The number of nitrogens with one attached hydrogen (secondary N) is 1. The second-order valence-electron chi connectivity index (χ2n) is 8.87. The summed E-state index contributed by atoms with van der Waals surface area (Å²) in [6, 6.07) is 13.0. The van der Waals surface area contributed by atoms with Crippen LogP contribution in [0.15, 0.2) is 47.0 Å². The van der Waals surface area contributed by atoms with Crippen LogP contribution in [0.25, 0.3) is 11.4 Å². The number of rotatable bonds is 10. The van der Waals surface area contributed by atoms with Crippen LogP contribution in [0.1, 0.15) is 51.1 Å². The van der Waals surface area contributed by atoms with E-state index in [1.807, 2.05) is 51.1 Å². The van der Waals surface area contributed by atoms with Crippen molar-refractivity contribution in [1.29, 1.82) is 0 Å². The number of amides is 1. The average molecular weight is 513 g/mol. The van der Waals surface area contributed by atoms with Crippen LogP contribution in [0.3, 0.4) is 0 Å². The Hall–Kier alpha value is -3.10. The molecule has 3 aromatic rings. The minimum atomic E-state index is -0.130. The molecule has 4 rings (SSSR count). The molecule has 1 unspecified atom stereocenters. The maximum Gasteiger partial charge on any atom is 0.241 e. The number of benzene rings is 2. The lowest BCUT2D eigenvalue weighted by Gasteiger charge is -2.31. The molecular formula is C27H33ClN4O4. The van der Waals surface area contributed by atoms with Crippen molar-refractivity contribution >= 4 is 17.5 Å². The van der Waals surface area contributed by atoms with Gasteiger partial charge < -0.3 is 19.3 Å². The molecule has 8 nitrogen and oxygen atoms in total. The summed E-state index contributed by atoms with van der Waals surface area (Å²) in [6.45, 7) is 9.15. The van der Waals surface area contributed by atoms with E-state index in [-0.39, 0.29) is 17.9 Å². The Labute approximate surface area is 216 Å². The van der Waals surface area contributed by atoms with Crippen LogP contribution in [0.2, 0.25) is 5.02 Å². The summed E-state index contributed by atoms with van der Waals surface area (Å²) in [5, 5.41) is 7.92. The second kappa shape index (κ2) is 12.2. The molecule has 1 N–H and O–H groups in total. The number of likely N-dealkylation sites (tertiary alicyclic amines) is 1. The minimum absolute atomic E-state index is 0.0231. The van der Waals surface area contributed by atoms with E-state index >= 15 is 0 Å². The Bertz CT molecular complexity index is 1140. The van der Waals surface area contributed by atoms with Crippen molar-refractivity contribution in [1.82, 2.24) is 20.4 Å². The van der Waals surface area contributed by atoms with Crippen molar-refractivity contribution in [3.63, 3.8) is 0 Å². The molecule has 0 bridgehead atoms. The molecule has 1 atom stereocenters. The Kier molecular flexibility index (Phi) is 8.83. The fourth-order valence-corrected chi connectivity index (χ4v) is 4.46. The molecule has 1 aliphatic rings. The third kappa shape index (κ3) is 6.56. The first kappa shape index (κ1) is 26.0. The van der Waals surface area contributed by atoms with E-state index in [1.165, 1.54) is 0 Å². The predicted molar refractivity (Wildman–Crippen MR) is 138 cm³/mol. The lowest BCUT2D eigenvalue weighted by atomic mass is 9.95. The van der Waals surface area contributed by atoms with Crippen LogP contribution in [-0.4, -0.2) is 47.3 Å². The van der Waals surface area contributed by atoms with Gasteiger partial charge in [0.2, 0.25) is 17.6 Å². The Morgan fingerprint density at radius 1 is 1.11 bits per heavy atom. The second-order valence-corrected chi connectivity index (χ2v) is 9.31. The molecule has 1 aliphatic heterocycles. The van der Waals surface area contributed by atoms with Crippen LogP contribution < -0.4 is 14.8 Å². The van der Waals surface area contributed by atoms with Gasteiger partial charge in [0.15, 0.2) is 11.5 Å². The zero-order valence-electron chi connectivity index (χ0n) is 21.0. The van der Waals surface area contributed by atoms with Crippen molar-refractivity contribution < 1.29 is 18.8 Å². The Morgan fingerprint density at radius 3 is 2.50 bits per heavy atom. The highest BCUT2D eigenvalue weighted by molar-refractivity contribution is 6.30. The summed E-state index contributed by atoms with van der Waals surface area (Å²) >= 11 is 5.95. The molecule has 0 aliphatic carbocycles. The number of hydrogen-bond donors (Lipinski definition) is 1. The first-order valence-corrected chi connectivity index (χ1v) is 12.8.